The van der Waals surface area contributed by atoms with Crippen LogP contribution in [-0.4, -0.2) is 4.98 Å². The van der Waals surface area contributed by atoms with Gasteiger partial charge in [-0.3, -0.25) is 4.98 Å². The zero-order valence-corrected chi connectivity index (χ0v) is 11.8. The molecule has 102 valence electrons. The number of hydrogen-bond donors (Lipinski definition) is 0. The molecule has 2 heteroatoms. The van der Waals surface area contributed by atoms with E-state index >= 15 is 0 Å². The van der Waals surface area contributed by atoms with Crippen molar-refractivity contribution < 1.29 is 0 Å². The van der Waals surface area contributed by atoms with Crippen molar-refractivity contribution in [3.05, 3.63) is 59.9 Å². The Hall–Kier alpha value is -1.83. The van der Waals surface area contributed by atoms with Crippen molar-refractivity contribution in [2.75, 3.05) is 4.90 Å². The highest BCUT2D eigenvalue weighted by molar-refractivity contribution is 5.57. The molecule has 1 aromatic heterocycles. The summed E-state index contributed by atoms with van der Waals surface area (Å²) in [6.07, 6.45) is 10.6. The van der Waals surface area contributed by atoms with Gasteiger partial charge in [0.25, 0.3) is 0 Å². The molecule has 0 atom stereocenters. The van der Waals surface area contributed by atoms with E-state index in [2.05, 4.69) is 52.5 Å². The molecular weight excluding hydrogens is 244 g/mol. The van der Waals surface area contributed by atoms with Gasteiger partial charge in [0.05, 0.1) is 5.54 Å². The second-order valence-electron chi connectivity index (χ2n) is 6.05. The highest BCUT2D eigenvalue weighted by atomic mass is 15.2. The van der Waals surface area contributed by atoms with E-state index in [1.165, 1.54) is 48.9 Å². The number of benzene rings is 1. The van der Waals surface area contributed by atoms with Gasteiger partial charge in [0.2, 0.25) is 0 Å². The number of para-hydroxylation sites is 1. The highest BCUT2D eigenvalue weighted by Gasteiger charge is 2.45. The lowest BCUT2D eigenvalue weighted by Gasteiger charge is -2.43. The minimum absolute atomic E-state index is 0.198. The Labute approximate surface area is 120 Å². The summed E-state index contributed by atoms with van der Waals surface area (Å²) in [5, 5.41) is 0. The first-order chi connectivity index (χ1) is 9.90. The zero-order chi connectivity index (χ0) is 13.4. The molecule has 0 saturated heterocycles. The third-order valence-corrected chi connectivity index (χ3v) is 5.01. The van der Waals surface area contributed by atoms with Gasteiger partial charge >= 0.3 is 0 Å². The number of nitrogens with zero attached hydrogens (tertiary/aromatic N) is 2. The van der Waals surface area contributed by atoms with Crippen molar-refractivity contribution in [1.29, 1.82) is 0 Å². The van der Waals surface area contributed by atoms with E-state index in [1.807, 2.05) is 6.20 Å². The van der Waals surface area contributed by atoms with Gasteiger partial charge in [-0.2, -0.15) is 0 Å². The van der Waals surface area contributed by atoms with Crippen molar-refractivity contribution in [1.82, 2.24) is 4.98 Å². The van der Waals surface area contributed by atoms with E-state index in [4.69, 9.17) is 0 Å². The predicted molar refractivity (Wildman–Crippen MR) is 81.6 cm³/mol. The van der Waals surface area contributed by atoms with E-state index in [9.17, 15) is 0 Å². The molecule has 1 spiro atoms. The lowest BCUT2D eigenvalue weighted by Crippen LogP contribution is -2.42. The van der Waals surface area contributed by atoms with Crippen LogP contribution in [0.5, 0.6) is 0 Å². The Bertz CT molecular complexity index is 600. The molecule has 20 heavy (non-hydrogen) atoms. The van der Waals surface area contributed by atoms with Gasteiger partial charge in [-0.05, 0) is 36.6 Å². The number of fused-ring (bicyclic) bond motifs is 2. The average molecular weight is 264 g/mol. The standard InChI is InChI=1S/C18H20N2/c1-3-7-16(8-4-1)20-14-15-9-12-19-13-17(15)18(20)10-5-2-6-11-18/h1,3-4,7-9,12-13H,2,5-6,10-11,14H2. The van der Waals surface area contributed by atoms with Gasteiger partial charge in [-0.25, -0.2) is 0 Å². The monoisotopic (exact) mass is 264 g/mol. The molecule has 4 rings (SSSR count). The minimum Gasteiger partial charge on any atom is -0.357 e. The normalized spacial score (nSPS) is 20.1. The summed E-state index contributed by atoms with van der Waals surface area (Å²) in [7, 11) is 0. The van der Waals surface area contributed by atoms with Crippen LogP contribution in [0.4, 0.5) is 5.69 Å². The molecule has 0 amide bonds. The summed E-state index contributed by atoms with van der Waals surface area (Å²) in [4.78, 5) is 7.03. The molecule has 0 radical (unpaired) electrons. The third kappa shape index (κ3) is 1.67. The van der Waals surface area contributed by atoms with E-state index in [0.717, 1.165) is 6.54 Å². The Kier molecular flexibility index (Phi) is 2.76. The van der Waals surface area contributed by atoms with Crippen LogP contribution < -0.4 is 4.90 Å². The Morgan fingerprint density at radius 3 is 2.55 bits per heavy atom. The second-order valence-corrected chi connectivity index (χ2v) is 6.05. The molecule has 0 unspecified atom stereocenters. The Morgan fingerprint density at radius 1 is 0.950 bits per heavy atom. The Balaban J connectivity index is 1.84. The van der Waals surface area contributed by atoms with Gasteiger partial charge in [-0.1, -0.05) is 37.5 Å². The molecule has 2 aliphatic rings. The van der Waals surface area contributed by atoms with E-state index in [-0.39, 0.29) is 5.54 Å². The van der Waals surface area contributed by atoms with Crippen molar-refractivity contribution in [2.45, 2.75) is 44.2 Å². The summed E-state index contributed by atoms with van der Waals surface area (Å²) in [5.41, 5.74) is 4.49. The van der Waals surface area contributed by atoms with Crippen LogP contribution in [0.1, 0.15) is 43.2 Å². The summed E-state index contributed by atoms with van der Waals surface area (Å²) in [6, 6.07) is 13.1. The number of aromatic nitrogens is 1. The molecule has 1 saturated carbocycles. The van der Waals surface area contributed by atoms with Gasteiger partial charge in [0.15, 0.2) is 0 Å². The zero-order valence-electron chi connectivity index (χ0n) is 11.8. The summed E-state index contributed by atoms with van der Waals surface area (Å²) >= 11 is 0. The quantitative estimate of drug-likeness (QED) is 0.765. The molecule has 2 aromatic rings. The van der Waals surface area contributed by atoms with Crippen molar-refractivity contribution >= 4 is 5.69 Å². The topological polar surface area (TPSA) is 16.1 Å². The molecule has 1 aliphatic heterocycles. The van der Waals surface area contributed by atoms with Crippen molar-refractivity contribution in [3.8, 4) is 0 Å². The second kappa shape index (κ2) is 4.62. The maximum atomic E-state index is 4.41. The van der Waals surface area contributed by atoms with Gasteiger partial charge in [-0.15, -0.1) is 0 Å². The molecule has 1 fully saturated rings. The maximum Gasteiger partial charge on any atom is 0.0675 e. The van der Waals surface area contributed by atoms with Crippen molar-refractivity contribution in [2.24, 2.45) is 0 Å². The third-order valence-electron chi connectivity index (χ3n) is 5.01. The van der Waals surface area contributed by atoms with Gasteiger partial charge < -0.3 is 4.90 Å². The van der Waals surface area contributed by atoms with Crippen LogP contribution in [0.15, 0.2) is 48.8 Å². The minimum atomic E-state index is 0.198. The highest BCUT2D eigenvalue weighted by Crippen LogP contribution is 2.50. The van der Waals surface area contributed by atoms with Crippen LogP contribution in [-0.2, 0) is 12.1 Å². The van der Waals surface area contributed by atoms with Crippen LogP contribution >= 0.6 is 0 Å². The van der Waals surface area contributed by atoms with Crippen LogP contribution in [0, 0.1) is 0 Å². The van der Waals surface area contributed by atoms with Crippen LogP contribution in [0.25, 0.3) is 0 Å². The van der Waals surface area contributed by atoms with E-state index < -0.39 is 0 Å². The number of rotatable bonds is 1. The lowest BCUT2D eigenvalue weighted by molar-refractivity contribution is 0.293. The SMILES string of the molecule is c1ccc(N2Cc3ccncc3C23CCCCC3)cc1. The van der Waals surface area contributed by atoms with E-state index in [0.29, 0.717) is 0 Å². The lowest BCUT2D eigenvalue weighted by atomic mass is 9.77. The summed E-state index contributed by atoms with van der Waals surface area (Å²) in [5.74, 6) is 0. The fourth-order valence-electron chi connectivity index (χ4n) is 4.07. The predicted octanol–water partition coefficient (Wildman–Crippen LogP) is 4.26. The largest absolute Gasteiger partial charge is 0.357 e. The molecule has 0 bridgehead atoms. The van der Waals surface area contributed by atoms with E-state index in [1.54, 1.807) is 0 Å². The first kappa shape index (κ1) is 12.0. The fraction of sp³-hybridized carbons (Fsp3) is 0.389. The van der Waals surface area contributed by atoms with Crippen LogP contribution in [0.3, 0.4) is 0 Å². The molecular formula is C18H20N2. The molecule has 0 N–H and O–H groups in total. The first-order valence-electron chi connectivity index (χ1n) is 7.66. The van der Waals surface area contributed by atoms with Crippen LogP contribution in [0.2, 0.25) is 0 Å². The number of hydrogen-bond acceptors (Lipinski definition) is 2. The molecule has 1 aromatic carbocycles. The average Bonchev–Trinajstić information content (AvgIpc) is 2.84. The van der Waals surface area contributed by atoms with Gasteiger partial charge in [0.1, 0.15) is 0 Å². The molecule has 1 aliphatic carbocycles. The summed E-state index contributed by atoms with van der Waals surface area (Å²) in [6.45, 7) is 1.03. The fourth-order valence-corrected chi connectivity index (χ4v) is 4.07. The maximum absolute atomic E-state index is 4.41. The summed E-state index contributed by atoms with van der Waals surface area (Å²) < 4.78 is 0. The Morgan fingerprint density at radius 2 is 1.75 bits per heavy atom. The molecule has 2 heterocycles. The first-order valence-corrected chi connectivity index (χ1v) is 7.66. The van der Waals surface area contributed by atoms with Gasteiger partial charge in [0, 0.05) is 30.2 Å². The van der Waals surface area contributed by atoms with Crippen molar-refractivity contribution in [3.63, 3.8) is 0 Å². The molecule has 2 nitrogen and oxygen atoms in total. The smallest absolute Gasteiger partial charge is 0.0675 e. The number of pyridine rings is 1. The number of anilines is 1.